The fraction of sp³-hybridized carbons (Fsp3) is 0.185. The molecule has 5 aromatic rings. The third-order valence-electron chi connectivity index (χ3n) is 6.36. The average molecular weight is 493 g/mol. The Morgan fingerprint density at radius 1 is 0.892 bits per heavy atom. The molecule has 10 heteroatoms. The Kier molecular flexibility index (Phi) is 5.48. The van der Waals surface area contributed by atoms with E-state index in [9.17, 15) is 9.59 Å². The van der Waals surface area contributed by atoms with Crippen molar-refractivity contribution in [2.24, 2.45) is 7.05 Å². The molecule has 2 amide bonds. The van der Waals surface area contributed by atoms with Gasteiger partial charge in [0.1, 0.15) is 0 Å². The van der Waals surface area contributed by atoms with Crippen LogP contribution >= 0.6 is 0 Å². The fourth-order valence-electron chi connectivity index (χ4n) is 4.40. The van der Waals surface area contributed by atoms with Gasteiger partial charge in [-0.25, -0.2) is 14.6 Å². The van der Waals surface area contributed by atoms with Gasteiger partial charge in [-0.3, -0.25) is 25.1 Å². The van der Waals surface area contributed by atoms with Crippen LogP contribution in [0.25, 0.3) is 28.1 Å². The minimum atomic E-state index is -0.629. The second-order valence-electron chi connectivity index (χ2n) is 9.06. The molecule has 0 spiro atoms. The first-order valence-corrected chi connectivity index (χ1v) is 12.0. The zero-order valence-electron chi connectivity index (χ0n) is 20.3. The first-order chi connectivity index (χ1) is 18.0. The molecule has 0 unspecified atom stereocenters. The molecule has 0 atom stereocenters. The van der Waals surface area contributed by atoms with Crippen molar-refractivity contribution in [3.05, 3.63) is 89.5 Å². The van der Waals surface area contributed by atoms with Crippen molar-refractivity contribution in [1.29, 1.82) is 0 Å². The van der Waals surface area contributed by atoms with Crippen molar-refractivity contribution in [1.82, 2.24) is 40.4 Å². The number of aromatic nitrogens is 6. The number of hydrogen-bond donors (Lipinski definition) is 2. The quantitative estimate of drug-likeness (QED) is 0.363. The summed E-state index contributed by atoms with van der Waals surface area (Å²) in [4.78, 5) is 35.5. The van der Waals surface area contributed by atoms with Crippen LogP contribution in [0.15, 0.2) is 66.7 Å². The smallest absolute Gasteiger partial charge is 0.267 e. The second-order valence-corrected chi connectivity index (χ2v) is 9.06. The maximum Gasteiger partial charge on any atom is 0.309 e. The Labute approximate surface area is 212 Å². The lowest BCUT2D eigenvalue weighted by Crippen LogP contribution is -2.42. The molecule has 10 nitrogen and oxygen atoms in total. The molecule has 6 rings (SSSR count). The summed E-state index contributed by atoms with van der Waals surface area (Å²) in [6.07, 6.45) is 2.10. The van der Waals surface area contributed by atoms with Crippen molar-refractivity contribution in [3.8, 4) is 17.1 Å². The van der Waals surface area contributed by atoms with Gasteiger partial charge in [-0.05, 0) is 38.0 Å². The minimum absolute atomic E-state index is 0.0703. The van der Waals surface area contributed by atoms with E-state index in [1.54, 1.807) is 15.4 Å². The molecule has 0 aliphatic heterocycles. The topological polar surface area (TPSA) is 120 Å². The van der Waals surface area contributed by atoms with Gasteiger partial charge in [0, 0.05) is 24.2 Å². The summed E-state index contributed by atoms with van der Waals surface area (Å²) in [5.74, 6) is -0.290. The highest BCUT2D eigenvalue weighted by Crippen LogP contribution is 2.40. The normalized spacial score (nSPS) is 13.0. The fourth-order valence-corrected chi connectivity index (χ4v) is 4.40. The van der Waals surface area contributed by atoms with Gasteiger partial charge in [0.25, 0.3) is 5.91 Å². The van der Waals surface area contributed by atoms with Crippen LogP contribution in [0.3, 0.4) is 0 Å². The first-order valence-electron chi connectivity index (χ1n) is 12.0. The summed E-state index contributed by atoms with van der Waals surface area (Å²) < 4.78 is 3.29. The van der Waals surface area contributed by atoms with Crippen molar-refractivity contribution >= 4 is 22.8 Å². The number of carbonyl (C=O) groups is 2. The highest BCUT2D eigenvalue weighted by atomic mass is 16.2. The Morgan fingerprint density at radius 3 is 2.27 bits per heavy atom. The molecule has 0 bridgehead atoms. The Bertz CT molecular complexity index is 1580. The minimum Gasteiger partial charge on any atom is -0.267 e. The van der Waals surface area contributed by atoms with Crippen LogP contribution in [0.2, 0.25) is 0 Å². The van der Waals surface area contributed by atoms with Crippen molar-refractivity contribution < 1.29 is 9.59 Å². The van der Waals surface area contributed by atoms with Gasteiger partial charge in [0.05, 0.1) is 22.3 Å². The third-order valence-corrected chi connectivity index (χ3v) is 6.36. The number of aryl methyl sites for hydroxylation is 2. The van der Waals surface area contributed by atoms with E-state index in [-0.39, 0.29) is 5.82 Å². The number of carbonyl (C=O) groups excluding carboxylic acids is 2. The van der Waals surface area contributed by atoms with Crippen LogP contribution in [0.5, 0.6) is 0 Å². The first kappa shape index (κ1) is 22.6. The SMILES string of the molecule is Cc1nn(C)c2nc(C3CC3)cc(C(=O)NNC(=O)c3nc(-c4ccccc4)n(-c4ccccc4)n3)c12. The van der Waals surface area contributed by atoms with E-state index in [2.05, 4.69) is 26.0 Å². The van der Waals surface area contributed by atoms with Crippen LogP contribution in [-0.2, 0) is 7.05 Å². The highest BCUT2D eigenvalue weighted by Gasteiger charge is 2.29. The van der Waals surface area contributed by atoms with E-state index in [1.165, 1.54) is 0 Å². The molecule has 2 aromatic carbocycles. The maximum absolute atomic E-state index is 13.2. The van der Waals surface area contributed by atoms with E-state index < -0.39 is 11.8 Å². The Morgan fingerprint density at radius 2 is 1.57 bits per heavy atom. The van der Waals surface area contributed by atoms with Gasteiger partial charge in [-0.1, -0.05) is 48.5 Å². The number of rotatable bonds is 5. The zero-order valence-corrected chi connectivity index (χ0v) is 20.3. The standard InChI is InChI=1S/C27H24N8O2/c1-16-22-20(15-21(17-13-14-17)28-25(22)34(2)32-16)26(36)30-31-27(37)23-29-24(18-9-5-3-6-10-18)35(33-23)19-11-7-4-8-12-19/h3-12,15,17H,13-14H2,1-2H3,(H,30,36)(H,31,37). The summed E-state index contributed by atoms with van der Waals surface area (Å²) in [6.45, 7) is 1.83. The van der Waals surface area contributed by atoms with Crippen LogP contribution < -0.4 is 10.9 Å². The summed E-state index contributed by atoms with van der Waals surface area (Å²) >= 11 is 0. The lowest BCUT2D eigenvalue weighted by molar-refractivity contribution is 0.0841. The van der Waals surface area contributed by atoms with E-state index in [4.69, 9.17) is 4.98 Å². The van der Waals surface area contributed by atoms with Gasteiger partial charge in [0.2, 0.25) is 5.82 Å². The van der Waals surface area contributed by atoms with Crippen molar-refractivity contribution in [3.63, 3.8) is 0 Å². The zero-order chi connectivity index (χ0) is 25.5. The molecule has 1 aliphatic carbocycles. The van der Waals surface area contributed by atoms with Crippen LogP contribution in [-0.4, -0.2) is 41.3 Å². The van der Waals surface area contributed by atoms with Gasteiger partial charge >= 0.3 is 5.91 Å². The van der Waals surface area contributed by atoms with Crippen molar-refractivity contribution in [2.75, 3.05) is 0 Å². The van der Waals surface area contributed by atoms with Crippen LogP contribution in [0.4, 0.5) is 0 Å². The number of nitrogens with zero attached hydrogens (tertiary/aromatic N) is 6. The molecule has 184 valence electrons. The molecule has 1 fully saturated rings. The van der Waals surface area contributed by atoms with E-state index >= 15 is 0 Å². The van der Waals surface area contributed by atoms with Crippen LogP contribution in [0.1, 0.15) is 51.1 Å². The molecular weight excluding hydrogens is 468 g/mol. The molecule has 37 heavy (non-hydrogen) atoms. The molecule has 2 N–H and O–H groups in total. The van der Waals surface area contributed by atoms with Gasteiger partial charge in [0.15, 0.2) is 11.5 Å². The van der Waals surface area contributed by atoms with Crippen LogP contribution in [0, 0.1) is 6.92 Å². The Balaban J connectivity index is 1.29. The molecule has 0 radical (unpaired) electrons. The summed E-state index contributed by atoms with van der Waals surface area (Å²) in [5.41, 5.74) is 9.19. The molecule has 3 heterocycles. The highest BCUT2D eigenvalue weighted by molar-refractivity contribution is 6.07. The molecule has 1 aliphatic rings. The molecule has 3 aromatic heterocycles. The summed E-state index contributed by atoms with van der Waals surface area (Å²) in [6, 6.07) is 20.7. The number of amides is 2. The summed E-state index contributed by atoms with van der Waals surface area (Å²) in [7, 11) is 1.81. The number of benzene rings is 2. The molecular formula is C27H24N8O2. The molecule has 1 saturated carbocycles. The average Bonchev–Trinajstić information content (AvgIpc) is 3.62. The van der Waals surface area contributed by atoms with E-state index in [0.717, 1.165) is 29.8 Å². The Hall–Kier alpha value is -4.86. The maximum atomic E-state index is 13.2. The largest absolute Gasteiger partial charge is 0.309 e. The number of hydrazine groups is 1. The second kappa shape index (κ2) is 8.98. The molecule has 0 saturated heterocycles. The van der Waals surface area contributed by atoms with E-state index in [1.807, 2.05) is 74.6 Å². The number of hydrogen-bond acceptors (Lipinski definition) is 6. The number of para-hydroxylation sites is 1. The monoisotopic (exact) mass is 492 g/mol. The van der Waals surface area contributed by atoms with Gasteiger partial charge in [-0.15, -0.1) is 5.10 Å². The lowest BCUT2D eigenvalue weighted by Gasteiger charge is -2.09. The van der Waals surface area contributed by atoms with Gasteiger partial charge < -0.3 is 0 Å². The summed E-state index contributed by atoms with van der Waals surface area (Å²) in [5, 5.41) is 9.53. The lowest BCUT2D eigenvalue weighted by atomic mass is 10.1. The number of pyridine rings is 1. The predicted molar refractivity (Wildman–Crippen MR) is 137 cm³/mol. The van der Waals surface area contributed by atoms with E-state index in [0.29, 0.717) is 34.0 Å². The predicted octanol–water partition coefficient (Wildman–Crippen LogP) is 3.48. The van der Waals surface area contributed by atoms with Gasteiger partial charge in [-0.2, -0.15) is 5.10 Å². The number of nitrogens with one attached hydrogen (secondary N) is 2. The number of fused-ring (bicyclic) bond motifs is 1. The third kappa shape index (κ3) is 4.22. The van der Waals surface area contributed by atoms with Crippen molar-refractivity contribution in [2.45, 2.75) is 25.7 Å².